The van der Waals surface area contributed by atoms with Crippen molar-refractivity contribution >= 4 is 40.9 Å². The van der Waals surface area contributed by atoms with Crippen molar-refractivity contribution in [3.63, 3.8) is 0 Å². The molecule has 0 aromatic heterocycles. The zero-order valence-corrected chi connectivity index (χ0v) is 20.1. The van der Waals surface area contributed by atoms with Crippen molar-refractivity contribution in [3.05, 3.63) is 87.1 Å². The molecule has 1 atom stereocenters. The van der Waals surface area contributed by atoms with Crippen molar-refractivity contribution in [2.24, 2.45) is 0 Å². The Kier molecular flexibility index (Phi) is 8.21. The summed E-state index contributed by atoms with van der Waals surface area (Å²) in [5, 5.41) is 17.1. The summed E-state index contributed by atoms with van der Waals surface area (Å²) in [6, 6.07) is 18.5. The average molecular weight is 482 g/mol. The maximum Gasteiger partial charge on any atom is 0.316 e. The zero-order valence-electron chi connectivity index (χ0n) is 18.5. The fourth-order valence-corrected chi connectivity index (χ4v) is 4.61. The number of benzene rings is 2. The molecule has 1 aliphatic heterocycles. The summed E-state index contributed by atoms with van der Waals surface area (Å²) >= 11 is 7.67. The highest BCUT2D eigenvalue weighted by atomic mass is 35.5. The van der Waals surface area contributed by atoms with Gasteiger partial charge in [-0.15, -0.1) is 0 Å². The lowest BCUT2D eigenvalue weighted by molar-refractivity contribution is -0.144. The van der Waals surface area contributed by atoms with Crippen LogP contribution in [0.15, 0.2) is 76.5 Å². The maximum absolute atomic E-state index is 13.4. The van der Waals surface area contributed by atoms with Gasteiger partial charge in [-0.1, -0.05) is 59.8 Å². The van der Waals surface area contributed by atoms with E-state index >= 15 is 0 Å². The van der Waals surface area contributed by atoms with Gasteiger partial charge in [-0.25, -0.2) is 0 Å². The molecule has 2 aromatic rings. The van der Waals surface area contributed by atoms with E-state index in [4.69, 9.17) is 16.3 Å². The zero-order chi connectivity index (χ0) is 24.0. The second-order valence-electron chi connectivity index (χ2n) is 7.62. The second-order valence-corrected chi connectivity index (χ2v) is 9.01. The fourth-order valence-electron chi connectivity index (χ4n) is 3.50. The average Bonchev–Trinajstić information content (AvgIpc) is 2.77. The number of halogens is 1. The molecule has 0 radical (unpaired) electrons. The number of ether oxygens (including phenoxy) is 1. The van der Waals surface area contributed by atoms with Gasteiger partial charge in [-0.3, -0.25) is 9.59 Å². The first kappa shape index (κ1) is 24.4. The fraction of sp³-hybridized carbons (Fsp3) is 0.240. The molecule has 0 unspecified atom stereocenters. The number of allylic oxidation sites excluding steroid dienone is 2. The molecule has 33 heavy (non-hydrogen) atoms. The lowest BCUT2D eigenvalue weighted by atomic mass is 9.82. The summed E-state index contributed by atoms with van der Waals surface area (Å²) in [6.45, 7) is 5.32. The summed E-state index contributed by atoms with van der Waals surface area (Å²) in [5.41, 5.74) is 2.55. The van der Waals surface area contributed by atoms with Crippen LogP contribution in [0.2, 0.25) is 5.02 Å². The second kappa shape index (κ2) is 11.1. The molecule has 1 aliphatic rings. The number of para-hydroxylation sites is 1. The van der Waals surface area contributed by atoms with Crippen molar-refractivity contribution in [2.45, 2.75) is 32.8 Å². The van der Waals surface area contributed by atoms with Crippen molar-refractivity contribution in [2.75, 3.05) is 11.1 Å². The first-order chi connectivity index (χ1) is 15.8. The van der Waals surface area contributed by atoms with Crippen LogP contribution in [0, 0.1) is 11.3 Å². The third kappa shape index (κ3) is 5.98. The number of carbonyl (C=O) groups excluding carboxylic acids is 2. The number of nitrogens with one attached hydrogen (secondary N) is 2. The Bertz CT molecular complexity index is 1150. The van der Waals surface area contributed by atoms with Gasteiger partial charge in [0, 0.05) is 22.0 Å². The molecular formula is C25H24ClN3O3S. The summed E-state index contributed by atoms with van der Waals surface area (Å²) in [5.74, 6) is -1.39. The van der Waals surface area contributed by atoms with Crippen molar-refractivity contribution in [1.29, 1.82) is 5.26 Å². The highest BCUT2D eigenvalue weighted by molar-refractivity contribution is 8.03. The quantitative estimate of drug-likeness (QED) is 0.517. The Morgan fingerprint density at radius 2 is 1.85 bits per heavy atom. The van der Waals surface area contributed by atoms with Gasteiger partial charge in [-0.2, -0.15) is 5.26 Å². The van der Waals surface area contributed by atoms with Crippen LogP contribution in [0.25, 0.3) is 0 Å². The van der Waals surface area contributed by atoms with Gasteiger partial charge in [-0.05, 0) is 44.5 Å². The van der Waals surface area contributed by atoms with E-state index in [0.717, 1.165) is 0 Å². The molecule has 6 nitrogen and oxygen atoms in total. The van der Waals surface area contributed by atoms with E-state index in [1.54, 1.807) is 51.1 Å². The number of nitriles is 1. The molecule has 1 amide bonds. The predicted octanol–water partition coefficient (Wildman–Crippen LogP) is 5.36. The standard InChI is InChI=1S/C25H24ClN3O3S/c1-15(2)32-21(30)14-33-25-19(13-27)23(18-11-7-8-12-20(18)26)22(16(3)28-25)24(31)29-17-9-5-4-6-10-17/h4-12,15,23,28H,14H2,1-3H3,(H,29,31)/t23-/m1/s1. The molecule has 170 valence electrons. The summed E-state index contributed by atoms with van der Waals surface area (Å²) < 4.78 is 5.20. The maximum atomic E-state index is 13.4. The van der Waals surface area contributed by atoms with Gasteiger partial charge in [0.2, 0.25) is 0 Å². The van der Waals surface area contributed by atoms with E-state index in [1.807, 2.05) is 24.3 Å². The minimum absolute atomic E-state index is 0.0275. The summed E-state index contributed by atoms with van der Waals surface area (Å²) in [4.78, 5) is 25.4. The number of thioether (sulfide) groups is 1. The summed E-state index contributed by atoms with van der Waals surface area (Å²) in [7, 11) is 0. The van der Waals surface area contributed by atoms with Crippen LogP contribution in [0.1, 0.15) is 32.3 Å². The van der Waals surface area contributed by atoms with Crippen LogP contribution >= 0.6 is 23.4 Å². The lowest BCUT2D eigenvalue weighted by Crippen LogP contribution is -2.31. The molecule has 2 aromatic carbocycles. The van der Waals surface area contributed by atoms with Gasteiger partial charge in [0.25, 0.3) is 5.91 Å². The number of hydrogen-bond donors (Lipinski definition) is 2. The smallest absolute Gasteiger partial charge is 0.316 e. The van der Waals surface area contributed by atoms with Gasteiger partial charge >= 0.3 is 5.97 Å². The minimum Gasteiger partial charge on any atom is -0.462 e. The molecule has 0 bridgehead atoms. The van der Waals surface area contributed by atoms with Crippen LogP contribution in [0.5, 0.6) is 0 Å². The SMILES string of the molecule is CC1=C(C(=O)Nc2ccccc2)[C@H](c2ccccc2Cl)C(C#N)=C(SCC(=O)OC(C)C)N1. The molecule has 0 saturated heterocycles. The molecular weight excluding hydrogens is 458 g/mol. The van der Waals surface area contributed by atoms with Crippen LogP contribution < -0.4 is 10.6 Å². The van der Waals surface area contributed by atoms with Gasteiger partial charge in [0.15, 0.2) is 0 Å². The van der Waals surface area contributed by atoms with E-state index in [0.29, 0.717) is 38.1 Å². The van der Waals surface area contributed by atoms with Gasteiger partial charge in [0.1, 0.15) is 0 Å². The van der Waals surface area contributed by atoms with Crippen LogP contribution in [-0.2, 0) is 14.3 Å². The largest absolute Gasteiger partial charge is 0.462 e. The Labute approximate surface area is 202 Å². The van der Waals surface area contributed by atoms with E-state index in [-0.39, 0.29) is 23.7 Å². The number of nitrogens with zero attached hydrogens (tertiary/aromatic N) is 1. The van der Waals surface area contributed by atoms with E-state index in [2.05, 4.69) is 16.7 Å². The lowest BCUT2D eigenvalue weighted by Gasteiger charge is -2.30. The highest BCUT2D eigenvalue weighted by Crippen LogP contribution is 2.43. The minimum atomic E-state index is -0.697. The topological polar surface area (TPSA) is 91.2 Å². The van der Waals surface area contributed by atoms with Gasteiger partial charge in [0.05, 0.1) is 34.4 Å². The Hall–Kier alpha value is -3.21. The van der Waals surface area contributed by atoms with Crippen molar-refractivity contribution in [1.82, 2.24) is 5.32 Å². The third-order valence-corrected chi connectivity index (χ3v) is 6.18. The molecule has 8 heteroatoms. The first-order valence-electron chi connectivity index (χ1n) is 10.4. The Morgan fingerprint density at radius 3 is 2.48 bits per heavy atom. The van der Waals surface area contributed by atoms with Crippen molar-refractivity contribution < 1.29 is 14.3 Å². The van der Waals surface area contributed by atoms with Crippen molar-refractivity contribution in [3.8, 4) is 6.07 Å². The van der Waals surface area contributed by atoms with Crippen LogP contribution in [-0.4, -0.2) is 23.7 Å². The summed E-state index contributed by atoms with van der Waals surface area (Å²) in [6.07, 6.45) is -0.229. The number of amides is 1. The number of hydrogen-bond acceptors (Lipinski definition) is 6. The third-order valence-electron chi connectivity index (χ3n) is 4.84. The molecule has 0 aliphatic carbocycles. The number of anilines is 1. The molecule has 0 saturated carbocycles. The monoisotopic (exact) mass is 481 g/mol. The van der Waals surface area contributed by atoms with E-state index < -0.39 is 5.92 Å². The molecule has 0 spiro atoms. The number of esters is 1. The normalized spacial score (nSPS) is 15.7. The molecule has 3 rings (SSSR count). The first-order valence-corrected chi connectivity index (χ1v) is 11.7. The van der Waals surface area contributed by atoms with E-state index in [1.165, 1.54) is 11.8 Å². The molecule has 1 heterocycles. The number of dihydropyridines is 1. The number of carbonyl (C=O) groups is 2. The predicted molar refractivity (Wildman–Crippen MR) is 131 cm³/mol. The van der Waals surface area contributed by atoms with Crippen LogP contribution in [0.3, 0.4) is 0 Å². The van der Waals surface area contributed by atoms with E-state index in [9.17, 15) is 14.9 Å². The van der Waals surface area contributed by atoms with Crippen LogP contribution in [0.4, 0.5) is 5.69 Å². The molecule has 0 fully saturated rings. The highest BCUT2D eigenvalue weighted by Gasteiger charge is 2.36. The Morgan fingerprint density at radius 1 is 1.18 bits per heavy atom. The molecule has 2 N–H and O–H groups in total. The number of rotatable bonds is 7. The Balaban J connectivity index is 2.01. The van der Waals surface area contributed by atoms with Gasteiger partial charge < -0.3 is 15.4 Å².